The minimum atomic E-state index is -0.389. The first kappa shape index (κ1) is 18.8. The van der Waals surface area contributed by atoms with Gasteiger partial charge in [0, 0.05) is 36.2 Å². The Morgan fingerprint density at radius 1 is 1.03 bits per heavy atom. The number of H-pyrrole nitrogens is 1. The number of Topliss-reactive ketones (excluding diaryl/α,β-unsaturated/α-hetero) is 1. The second kappa shape index (κ2) is 7.91. The molecule has 150 valence electrons. The average Bonchev–Trinajstić information content (AvgIpc) is 2.78. The molecule has 0 saturated heterocycles. The van der Waals surface area contributed by atoms with Gasteiger partial charge in [0.05, 0.1) is 11.5 Å². The van der Waals surface area contributed by atoms with Crippen molar-refractivity contribution >= 4 is 23.4 Å². The zero-order valence-electron chi connectivity index (χ0n) is 16.2. The number of benzene rings is 1. The summed E-state index contributed by atoms with van der Waals surface area (Å²) in [6.07, 6.45) is 6.64. The number of hydrogen-bond acceptors (Lipinski definition) is 6. The molecule has 30 heavy (non-hydrogen) atoms. The van der Waals surface area contributed by atoms with Gasteiger partial charge in [-0.1, -0.05) is 48.2 Å². The van der Waals surface area contributed by atoms with Crippen LogP contribution in [0.1, 0.15) is 35.4 Å². The van der Waals surface area contributed by atoms with Gasteiger partial charge in [-0.2, -0.15) is 0 Å². The first-order valence-corrected chi connectivity index (χ1v) is 10.9. The molecule has 3 aromatic rings. The van der Waals surface area contributed by atoms with Gasteiger partial charge in [0.2, 0.25) is 0 Å². The topological polar surface area (TPSA) is 87.7 Å². The lowest BCUT2D eigenvalue weighted by Gasteiger charge is -2.36. The number of aromatic nitrogens is 3. The number of thioether (sulfide) groups is 1. The number of nitrogens with one attached hydrogen (secondary N) is 2. The van der Waals surface area contributed by atoms with Gasteiger partial charge in [0.25, 0.3) is 5.56 Å². The summed E-state index contributed by atoms with van der Waals surface area (Å²) in [7, 11) is 0. The van der Waals surface area contributed by atoms with Gasteiger partial charge in [-0.05, 0) is 29.7 Å². The Labute approximate surface area is 177 Å². The second-order valence-electron chi connectivity index (χ2n) is 7.43. The third kappa shape index (κ3) is 3.45. The Hall–Kier alpha value is -3.19. The molecule has 1 aliphatic carbocycles. The number of hydrogen-bond donors (Lipinski definition) is 2. The van der Waals surface area contributed by atoms with Crippen LogP contribution in [0.4, 0.5) is 5.82 Å². The third-order valence-electron chi connectivity index (χ3n) is 5.56. The number of allylic oxidation sites excluding steroid dienone is 2. The highest BCUT2D eigenvalue weighted by Crippen LogP contribution is 2.44. The molecule has 2 unspecified atom stereocenters. The Morgan fingerprint density at radius 2 is 1.83 bits per heavy atom. The van der Waals surface area contributed by atoms with Crippen LogP contribution >= 0.6 is 11.8 Å². The van der Waals surface area contributed by atoms with Crippen LogP contribution in [-0.4, -0.2) is 20.7 Å². The van der Waals surface area contributed by atoms with Crippen molar-refractivity contribution in [2.24, 2.45) is 5.92 Å². The van der Waals surface area contributed by atoms with Crippen LogP contribution < -0.4 is 10.9 Å². The maximum Gasteiger partial charge on any atom is 0.257 e. The van der Waals surface area contributed by atoms with Gasteiger partial charge >= 0.3 is 0 Å². The second-order valence-corrected chi connectivity index (χ2v) is 8.40. The molecule has 0 fully saturated rings. The monoisotopic (exact) mass is 416 g/mol. The molecule has 0 spiro atoms. The normalized spacial score (nSPS) is 20.0. The summed E-state index contributed by atoms with van der Waals surface area (Å²) in [5.74, 6) is 0.634. The van der Waals surface area contributed by atoms with E-state index in [1.54, 1.807) is 12.4 Å². The van der Waals surface area contributed by atoms with E-state index < -0.39 is 0 Å². The molecule has 3 heterocycles. The van der Waals surface area contributed by atoms with Gasteiger partial charge in [-0.15, -0.1) is 0 Å². The van der Waals surface area contributed by atoms with Crippen LogP contribution in [0.25, 0.3) is 0 Å². The van der Waals surface area contributed by atoms with Crippen molar-refractivity contribution < 1.29 is 4.79 Å². The van der Waals surface area contributed by atoms with E-state index in [1.807, 2.05) is 42.5 Å². The number of pyridine rings is 1. The molecule has 0 saturated carbocycles. The molecule has 7 heteroatoms. The van der Waals surface area contributed by atoms with E-state index >= 15 is 0 Å². The molecule has 2 aliphatic rings. The molecule has 1 aliphatic heterocycles. The number of carbonyl (C=O) groups is 1. The quantitative estimate of drug-likeness (QED) is 0.496. The first-order valence-electron chi connectivity index (χ1n) is 9.91. The largest absolute Gasteiger partial charge is 0.343 e. The predicted molar refractivity (Wildman–Crippen MR) is 116 cm³/mol. The maximum atomic E-state index is 13.2. The molecule has 0 amide bonds. The van der Waals surface area contributed by atoms with E-state index in [4.69, 9.17) is 4.98 Å². The summed E-state index contributed by atoms with van der Waals surface area (Å²) in [6.45, 7) is 0. The van der Waals surface area contributed by atoms with E-state index in [0.29, 0.717) is 35.1 Å². The average molecular weight is 417 g/mol. The summed E-state index contributed by atoms with van der Waals surface area (Å²) in [6, 6.07) is 13.8. The molecule has 0 radical (unpaired) electrons. The van der Waals surface area contributed by atoms with Crippen molar-refractivity contribution in [2.45, 2.75) is 29.7 Å². The Balaban J connectivity index is 1.57. The van der Waals surface area contributed by atoms with Crippen molar-refractivity contribution in [3.8, 4) is 0 Å². The first-order chi connectivity index (χ1) is 14.7. The molecule has 2 atom stereocenters. The van der Waals surface area contributed by atoms with E-state index in [9.17, 15) is 9.59 Å². The van der Waals surface area contributed by atoms with E-state index in [0.717, 1.165) is 16.8 Å². The van der Waals surface area contributed by atoms with Gasteiger partial charge < -0.3 is 10.3 Å². The lowest BCUT2D eigenvalue weighted by atomic mass is 9.72. The smallest absolute Gasteiger partial charge is 0.257 e. The lowest BCUT2D eigenvalue weighted by Crippen LogP contribution is -2.38. The number of aromatic amines is 1. The number of nitrogens with zero attached hydrogens (tertiary/aromatic N) is 2. The Kier molecular flexibility index (Phi) is 4.96. The Bertz CT molecular complexity index is 1170. The summed E-state index contributed by atoms with van der Waals surface area (Å²) in [5.41, 5.74) is 3.21. The molecular formula is C23H20N4O2S. The molecule has 1 aromatic carbocycles. The number of ketones is 1. The van der Waals surface area contributed by atoms with Gasteiger partial charge in [-0.25, -0.2) is 4.98 Å². The van der Waals surface area contributed by atoms with Gasteiger partial charge in [0.1, 0.15) is 11.6 Å². The molecule has 2 aromatic heterocycles. The SMILES string of the molecule is O=C1CCC=C2Nc3nc(SCc4ccccc4)[nH]c(=O)c3C(c3ccncc3)C12. The number of fused-ring (bicyclic) bond motifs is 2. The summed E-state index contributed by atoms with van der Waals surface area (Å²) in [5, 5.41) is 3.85. The van der Waals surface area contributed by atoms with Crippen molar-refractivity contribution in [3.05, 3.63) is 93.7 Å². The zero-order valence-corrected chi connectivity index (χ0v) is 17.0. The van der Waals surface area contributed by atoms with Gasteiger partial charge in [0.15, 0.2) is 5.16 Å². The molecule has 6 nitrogen and oxygen atoms in total. The minimum absolute atomic E-state index is 0.148. The fraction of sp³-hybridized carbons (Fsp3) is 0.217. The Morgan fingerprint density at radius 3 is 2.63 bits per heavy atom. The summed E-state index contributed by atoms with van der Waals surface area (Å²) >= 11 is 1.48. The van der Waals surface area contributed by atoms with Crippen molar-refractivity contribution in [2.75, 3.05) is 5.32 Å². The summed E-state index contributed by atoms with van der Waals surface area (Å²) in [4.78, 5) is 37.7. The fourth-order valence-electron chi connectivity index (χ4n) is 4.19. The number of carbonyl (C=O) groups excluding carboxylic acids is 1. The van der Waals surface area contributed by atoms with Gasteiger partial charge in [-0.3, -0.25) is 14.6 Å². The molecule has 5 rings (SSSR count). The van der Waals surface area contributed by atoms with Crippen LogP contribution in [-0.2, 0) is 10.5 Å². The number of anilines is 1. The molecule has 0 bridgehead atoms. The zero-order chi connectivity index (χ0) is 20.5. The van der Waals surface area contributed by atoms with E-state index in [2.05, 4.69) is 21.4 Å². The van der Waals surface area contributed by atoms with Crippen molar-refractivity contribution in [1.29, 1.82) is 0 Å². The van der Waals surface area contributed by atoms with Crippen LogP contribution in [0.5, 0.6) is 0 Å². The van der Waals surface area contributed by atoms with Crippen molar-refractivity contribution in [3.63, 3.8) is 0 Å². The lowest BCUT2D eigenvalue weighted by molar-refractivity contribution is -0.122. The number of rotatable bonds is 4. The van der Waals surface area contributed by atoms with Crippen LogP contribution in [0.15, 0.2) is 76.6 Å². The minimum Gasteiger partial charge on any atom is -0.343 e. The van der Waals surface area contributed by atoms with Crippen LogP contribution in [0.3, 0.4) is 0 Å². The predicted octanol–water partition coefficient (Wildman–Crippen LogP) is 3.88. The van der Waals surface area contributed by atoms with Crippen LogP contribution in [0.2, 0.25) is 0 Å². The van der Waals surface area contributed by atoms with E-state index in [1.165, 1.54) is 11.8 Å². The third-order valence-corrected chi connectivity index (χ3v) is 6.51. The fourth-order valence-corrected chi connectivity index (χ4v) is 5.01. The highest BCUT2D eigenvalue weighted by Gasteiger charge is 2.42. The van der Waals surface area contributed by atoms with E-state index in [-0.39, 0.29) is 23.2 Å². The highest BCUT2D eigenvalue weighted by atomic mass is 32.2. The summed E-state index contributed by atoms with van der Waals surface area (Å²) < 4.78 is 0. The van der Waals surface area contributed by atoms with Crippen molar-refractivity contribution in [1.82, 2.24) is 15.0 Å². The molecular weight excluding hydrogens is 396 g/mol. The van der Waals surface area contributed by atoms with Crippen LogP contribution in [0, 0.1) is 5.92 Å². The highest BCUT2D eigenvalue weighted by molar-refractivity contribution is 7.98. The standard InChI is InChI=1S/C23H20N4O2S/c28-17-8-4-7-16-19(17)18(15-9-11-24-12-10-15)20-21(25-16)26-23(27-22(20)29)30-13-14-5-2-1-3-6-14/h1-3,5-7,9-12,18-19H,4,8,13H2,(H2,25,26,27,29). The maximum absolute atomic E-state index is 13.2. The molecule has 2 N–H and O–H groups in total.